The Hall–Kier alpha value is -1.50. The highest BCUT2D eigenvalue weighted by Crippen LogP contribution is 2.09. The molecule has 1 aromatic heterocycles. The van der Waals surface area contributed by atoms with Crippen LogP contribution < -0.4 is 5.32 Å². The Morgan fingerprint density at radius 2 is 2.27 bits per heavy atom. The number of nitrogens with zero attached hydrogens (tertiary/aromatic N) is 2. The topological polar surface area (TPSA) is 92.2 Å². The Bertz CT molecular complexity index is 377. The molecule has 0 radical (unpaired) electrons. The van der Waals surface area contributed by atoms with Gasteiger partial charge in [0.05, 0.1) is 5.69 Å². The summed E-state index contributed by atoms with van der Waals surface area (Å²) >= 11 is 0.956. The summed E-state index contributed by atoms with van der Waals surface area (Å²) in [6.07, 6.45) is 0.340. The van der Waals surface area contributed by atoms with Gasteiger partial charge in [-0.05, 0) is 24.9 Å². The van der Waals surface area contributed by atoms with Crippen molar-refractivity contribution in [2.45, 2.75) is 26.3 Å². The molecule has 1 unspecified atom stereocenters. The van der Waals surface area contributed by atoms with Crippen molar-refractivity contribution >= 4 is 23.4 Å². The second-order valence-corrected chi connectivity index (χ2v) is 3.71. The maximum Gasteiger partial charge on any atom is 0.326 e. The van der Waals surface area contributed by atoms with E-state index in [1.807, 2.05) is 0 Å². The van der Waals surface area contributed by atoms with Gasteiger partial charge in [-0.25, -0.2) is 4.79 Å². The number of nitrogens with one attached hydrogen (secondary N) is 1. The average Bonchev–Trinajstić information content (AvgIpc) is 2.60. The fourth-order valence-electron chi connectivity index (χ4n) is 1.00. The Morgan fingerprint density at radius 1 is 1.60 bits per heavy atom. The van der Waals surface area contributed by atoms with Crippen LogP contribution in [0, 0.1) is 6.92 Å². The van der Waals surface area contributed by atoms with Gasteiger partial charge < -0.3 is 10.4 Å². The third-order valence-corrected chi connectivity index (χ3v) is 2.70. The van der Waals surface area contributed by atoms with Crippen LogP contribution in [-0.2, 0) is 4.79 Å². The van der Waals surface area contributed by atoms with Gasteiger partial charge in [-0.2, -0.15) is 0 Å². The molecule has 0 saturated heterocycles. The van der Waals surface area contributed by atoms with E-state index in [4.69, 9.17) is 5.11 Å². The van der Waals surface area contributed by atoms with Gasteiger partial charge in [0, 0.05) is 0 Å². The lowest BCUT2D eigenvalue weighted by Crippen LogP contribution is -2.40. The second kappa shape index (κ2) is 4.83. The Labute approximate surface area is 90.5 Å². The largest absolute Gasteiger partial charge is 0.480 e. The standard InChI is InChI=1S/C8H11N3O3S/c1-3-5(8(13)14)9-7(12)6-4(2)10-11-15-6/h5H,3H2,1-2H3,(H,9,12)(H,13,14). The molecule has 1 rings (SSSR count). The molecular formula is C8H11N3O3S. The summed E-state index contributed by atoms with van der Waals surface area (Å²) in [7, 11) is 0. The molecule has 0 fully saturated rings. The van der Waals surface area contributed by atoms with Crippen LogP contribution in [0.15, 0.2) is 0 Å². The average molecular weight is 229 g/mol. The van der Waals surface area contributed by atoms with Crippen molar-refractivity contribution in [3.8, 4) is 0 Å². The fraction of sp³-hybridized carbons (Fsp3) is 0.500. The van der Waals surface area contributed by atoms with Gasteiger partial charge in [-0.3, -0.25) is 4.79 Å². The minimum atomic E-state index is -1.04. The monoisotopic (exact) mass is 229 g/mol. The molecule has 0 bridgehead atoms. The molecular weight excluding hydrogens is 218 g/mol. The Kier molecular flexibility index (Phi) is 3.73. The van der Waals surface area contributed by atoms with E-state index in [9.17, 15) is 9.59 Å². The van der Waals surface area contributed by atoms with Crippen LogP contribution in [0.3, 0.4) is 0 Å². The molecule has 0 aromatic carbocycles. The molecule has 0 aliphatic carbocycles. The van der Waals surface area contributed by atoms with Gasteiger partial charge >= 0.3 is 5.97 Å². The molecule has 0 saturated carbocycles. The van der Waals surface area contributed by atoms with Crippen molar-refractivity contribution in [3.05, 3.63) is 10.6 Å². The zero-order valence-corrected chi connectivity index (χ0v) is 9.17. The van der Waals surface area contributed by atoms with Gasteiger partial charge in [0.2, 0.25) is 0 Å². The number of aliphatic carboxylic acids is 1. The van der Waals surface area contributed by atoms with Crippen LogP contribution in [0.4, 0.5) is 0 Å². The predicted molar refractivity (Wildman–Crippen MR) is 53.8 cm³/mol. The number of carbonyl (C=O) groups excluding carboxylic acids is 1. The number of hydrogen-bond acceptors (Lipinski definition) is 5. The van der Waals surface area contributed by atoms with E-state index in [-0.39, 0.29) is 0 Å². The van der Waals surface area contributed by atoms with Crippen molar-refractivity contribution in [2.75, 3.05) is 0 Å². The number of carboxylic acids is 1. The number of hydrogen-bond donors (Lipinski definition) is 2. The smallest absolute Gasteiger partial charge is 0.326 e. The van der Waals surface area contributed by atoms with E-state index in [0.717, 1.165) is 11.5 Å². The Balaban J connectivity index is 2.71. The van der Waals surface area contributed by atoms with Crippen LogP contribution >= 0.6 is 11.5 Å². The van der Waals surface area contributed by atoms with Crippen LogP contribution in [0.2, 0.25) is 0 Å². The predicted octanol–water partition coefficient (Wildman–Crippen LogP) is 0.440. The van der Waals surface area contributed by atoms with Crippen LogP contribution in [-0.4, -0.2) is 32.6 Å². The number of rotatable bonds is 4. The van der Waals surface area contributed by atoms with Crippen molar-refractivity contribution in [3.63, 3.8) is 0 Å². The van der Waals surface area contributed by atoms with E-state index >= 15 is 0 Å². The first-order valence-corrected chi connectivity index (χ1v) is 5.16. The van der Waals surface area contributed by atoms with Gasteiger partial charge in [-0.15, -0.1) is 5.10 Å². The molecule has 1 atom stereocenters. The van der Waals surface area contributed by atoms with Crippen molar-refractivity contribution in [1.29, 1.82) is 0 Å². The van der Waals surface area contributed by atoms with Crippen molar-refractivity contribution in [1.82, 2.24) is 14.9 Å². The normalized spacial score (nSPS) is 12.1. The maximum absolute atomic E-state index is 11.6. The second-order valence-electron chi connectivity index (χ2n) is 2.96. The van der Waals surface area contributed by atoms with Crippen LogP contribution in [0.5, 0.6) is 0 Å². The first kappa shape index (κ1) is 11.6. The van der Waals surface area contributed by atoms with E-state index in [0.29, 0.717) is 17.0 Å². The van der Waals surface area contributed by atoms with Gasteiger partial charge in [0.15, 0.2) is 0 Å². The SMILES string of the molecule is CCC(NC(=O)c1snnc1C)C(=O)O. The molecule has 0 aliphatic rings. The lowest BCUT2D eigenvalue weighted by atomic mass is 10.2. The zero-order valence-electron chi connectivity index (χ0n) is 8.35. The highest BCUT2D eigenvalue weighted by Gasteiger charge is 2.21. The van der Waals surface area contributed by atoms with Crippen LogP contribution in [0.25, 0.3) is 0 Å². The summed E-state index contributed by atoms with van der Waals surface area (Å²) in [6.45, 7) is 3.34. The molecule has 6 nitrogen and oxygen atoms in total. The molecule has 1 aromatic rings. The third kappa shape index (κ3) is 2.72. The van der Waals surface area contributed by atoms with Crippen molar-refractivity contribution in [2.24, 2.45) is 0 Å². The lowest BCUT2D eigenvalue weighted by Gasteiger charge is -2.10. The number of amides is 1. The fourth-order valence-corrected chi connectivity index (χ4v) is 1.56. The number of aromatic nitrogens is 2. The highest BCUT2D eigenvalue weighted by molar-refractivity contribution is 7.08. The molecule has 0 spiro atoms. The summed E-state index contributed by atoms with van der Waals surface area (Å²) in [5.41, 5.74) is 0.512. The summed E-state index contributed by atoms with van der Waals surface area (Å²) in [6, 6.07) is -0.862. The van der Waals surface area contributed by atoms with Crippen LogP contribution in [0.1, 0.15) is 28.7 Å². The quantitative estimate of drug-likeness (QED) is 0.781. The van der Waals surface area contributed by atoms with E-state index in [2.05, 4.69) is 14.9 Å². The van der Waals surface area contributed by atoms with Gasteiger partial charge in [-0.1, -0.05) is 11.4 Å². The van der Waals surface area contributed by atoms with E-state index < -0.39 is 17.9 Å². The zero-order chi connectivity index (χ0) is 11.4. The number of aryl methyl sites for hydroxylation is 1. The van der Waals surface area contributed by atoms with Crippen molar-refractivity contribution < 1.29 is 14.7 Å². The first-order chi connectivity index (χ1) is 7.06. The Morgan fingerprint density at radius 3 is 2.67 bits per heavy atom. The molecule has 82 valence electrons. The summed E-state index contributed by atoms with van der Waals surface area (Å²) < 4.78 is 3.60. The molecule has 1 amide bonds. The molecule has 7 heteroatoms. The minimum absolute atomic E-state index is 0.340. The lowest BCUT2D eigenvalue weighted by molar-refractivity contribution is -0.139. The molecule has 15 heavy (non-hydrogen) atoms. The number of carbonyl (C=O) groups is 2. The third-order valence-electron chi connectivity index (χ3n) is 1.87. The highest BCUT2D eigenvalue weighted by atomic mass is 32.1. The van der Waals surface area contributed by atoms with Gasteiger partial charge in [0.25, 0.3) is 5.91 Å². The summed E-state index contributed by atoms with van der Waals surface area (Å²) in [4.78, 5) is 22.6. The first-order valence-electron chi connectivity index (χ1n) is 4.38. The summed E-state index contributed by atoms with van der Waals surface area (Å²) in [5.74, 6) is -1.47. The van der Waals surface area contributed by atoms with E-state index in [1.54, 1.807) is 13.8 Å². The van der Waals surface area contributed by atoms with E-state index in [1.165, 1.54) is 0 Å². The molecule has 2 N–H and O–H groups in total. The van der Waals surface area contributed by atoms with Gasteiger partial charge in [0.1, 0.15) is 10.9 Å². The molecule has 0 aliphatic heterocycles. The molecule has 1 heterocycles. The minimum Gasteiger partial charge on any atom is -0.480 e. The maximum atomic E-state index is 11.6. The summed E-state index contributed by atoms with van der Waals surface area (Å²) in [5, 5.41) is 14.8. The number of carboxylic acid groups (broad SMARTS) is 1.